The first-order chi connectivity index (χ1) is 8.68. The van der Waals surface area contributed by atoms with Crippen molar-refractivity contribution >= 4 is 5.97 Å². The fourth-order valence-electron chi connectivity index (χ4n) is 1.82. The summed E-state index contributed by atoms with van der Waals surface area (Å²) in [7, 11) is 0. The van der Waals surface area contributed by atoms with Crippen molar-refractivity contribution in [3.8, 4) is 0 Å². The van der Waals surface area contributed by atoms with Crippen molar-refractivity contribution in [2.45, 2.75) is 13.0 Å². The van der Waals surface area contributed by atoms with Crippen LogP contribution < -0.4 is 5.56 Å². The largest absolute Gasteiger partial charge is 0.477 e. The van der Waals surface area contributed by atoms with Gasteiger partial charge in [0.1, 0.15) is 5.69 Å². The molecule has 0 atom stereocenters. The highest BCUT2D eigenvalue weighted by Gasteiger charge is 2.09. The van der Waals surface area contributed by atoms with E-state index in [0.29, 0.717) is 13.0 Å². The number of hydrogen-bond acceptors (Lipinski definition) is 2. The molecule has 0 spiro atoms. The molecule has 0 unspecified atom stereocenters. The highest BCUT2D eigenvalue weighted by molar-refractivity contribution is 5.85. The normalized spacial score (nSPS) is 10.2. The van der Waals surface area contributed by atoms with Crippen molar-refractivity contribution in [2.24, 2.45) is 0 Å². The van der Waals surface area contributed by atoms with Crippen LogP contribution in [0, 0.1) is 0 Å². The minimum absolute atomic E-state index is 0.0263. The van der Waals surface area contributed by atoms with E-state index in [1.807, 2.05) is 30.3 Å². The van der Waals surface area contributed by atoms with Crippen molar-refractivity contribution in [3.05, 3.63) is 70.1 Å². The van der Waals surface area contributed by atoms with Crippen LogP contribution in [0.1, 0.15) is 16.1 Å². The van der Waals surface area contributed by atoms with Gasteiger partial charge in [0, 0.05) is 12.6 Å². The molecule has 0 saturated heterocycles. The Balaban J connectivity index is 2.24. The molecule has 92 valence electrons. The van der Waals surface area contributed by atoms with E-state index in [1.54, 1.807) is 0 Å². The van der Waals surface area contributed by atoms with E-state index in [4.69, 9.17) is 5.11 Å². The van der Waals surface area contributed by atoms with E-state index < -0.39 is 5.97 Å². The van der Waals surface area contributed by atoms with Gasteiger partial charge in [0.2, 0.25) is 0 Å². The van der Waals surface area contributed by atoms with Crippen LogP contribution in [0.25, 0.3) is 0 Å². The molecule has 0 saturated carbocycles. The van der Waals surface area contributed by atoms with Crippen LogP contribution in [0.15, 0.2) is 53.3 Å². The van der Waals surface area contributed by atoms with E-state index >= 15 is 0 Å². The molecule has 4 nitrogen and oxygen atoms in total. The molecule has 2 aromatic rings. The molecule has 0 aliphatic carbocycles. The maximum atomic E-state index is 11.7. The summed E-state index contributed by atoms with van der Waals surface area (Å²) in [6.45, 7) is 0.366. The van der Waals surface area contributed by atoms with Crippen molar-refractivity contribution in [1.82, 2.24) is 4.57 Å². The average molecular weight is 243 g/mol. The standard InChI is InChI=1S/C14H13NO3/c16-13-8-4-7-12(14(17)18)15(13)10-9-11-5-2-1-3-6-11/h1-8H,9-10H2,(H,17,18). The van der Waals surface area contributed by atoms with Crippen molar-refractivity contribution in [2.75, 3.05) is 0 Å². The second-order valence-corrected chi connectivity index (χ2v) is 3.94. The SMILES string of the molecule is O=C(O)c1cccc(=O)n1CCc1ccccc1. The van der Waals surface area contributed by atoms with Crippen LogP contribution >= 0.6 is 0 Å². The first-order valence-corrected chi connectivity index (χ1v) is 5.65. The highest BCUT2D eigenvalue weighted by atomic mass is 16.4. The zero-order valence-electron chi connectivity index (χ0n) is 9.74. The molecule has 1 aromatic carbocycles. The number of hydrogen-bond donors (Lipinski definition) is 1. The minimum Gasteiger partial charge on any atom is -0.477 e. The lowest BCUT2D eigenvalue weighted by Crippen LogP contribution is -2.25. The van der Waals surface area contributed by atoms with Crippen molar-refractivity contribution in [1.29, 1.82) is 0 Å². The molecule has 2 rings (SSSR count). The van der Waals surface area contributed by atoms with Crippen LogP contribution in [-0.2, 0) is 13.0 Å². The zero-order valence-corrected chi connectivity index (χ0v) is 9.74. The second-order valence-electron chi connectivity index (χ2n) is 3.94. The lowest BCUT2D eigenvalue weighted by Gasteiger charge is -2.09. The van der Waals surface area contributed by atoms with Gasteiger partial charge in [-0.1, -0.05) is 36.4 Å². The number of nitrogens with zero attached hydrogens (tertiary/aromatic N) is 1. The predicted molar refractivity (Wildman–Crippen MR) is 67.8 cm³/mol. The topological polar surface area (TPSA) is 59.3 Å². The van der Waals surface area contributed by atoms with Crippen molar-refractivity contribution in [3.63, 3.8) is 0 Å². The molecule has 18 heavy (non-hydrogen) atoms. The maximum Gasteiger partial charge on any atom is 0.352 e. The van der Waals surface area contributed by atoms with Crippen LogP contribution in [0.3, 0.4) is 0 Å². The molecule has 0 bridgehead atoms. The van der Waals surface area contributed by atoms with Gasteiger partial charge in [-0.25, -0.2) is 4.79 Å². The van der Waals surface area contributed by atoms with Crippen LogP contribution in [0.5, 0.6) is 0 Å². The quantitative estimate of drug-likeness (QED) is 0.890. The van der Waals surface area contributed by atoms with Crippen LogP contribution in [-0.4, -0.2) is 15.6 Å². The van der Waals surface area contributed by atoms with E-state index in [2.05, 4.69) is 0 Å². The number of carbonyl (C=O) groups is 1. The summed E-state index contributed by atoms with van der Waals surface area (Å²) in [6.07, 6.45) is 0.630. The van der Waals surface area contributed by atoms with Gasteiger partial charge < -0.3 is 9.67 Å². The molecule has 0 aliphatic heterocycles. The summed E-state index contributed by atoms with van der Waals surface area (Å²) in [4.78, 5) is 22.7. The summed E-state index contributed by atoms with van der Waals surface area (Å²) < 4.78 is 1.29. The fraction of sp³-hybridized carbons (Fsp3) is 0.143. The molecular weight excluding hydrogens is 230 g/mol. The third kappa shape index (κ3) is 2.66. The number of pyridine rings is 1. The Morgan fingerprint density at radius 1 is 1.06 bits per heavy atom. The average Bonchev–Trinajstić information content (AvgIpc) is 2.38. The summed E-state index contributed by atoms with van der Waals surface area (Å²) >= 11 is 0. The number of rotatable bonds is 4. The van der Waals surface area contributed by atoms with Gasteiger partial charge in [0.25, 0.3) is 5.56 Å². The number of aromatic nitrogens is 1. The number of aromatic carboxylic acids is 1. The first kappa shape index (κ1) is 12.1. The molecule has 0 radical (unpaired) electrons. The van der Waals surface area contributed by atoms with Crippen molar-refractivity contribution < 1.29 is 9.90 Å². The van der Waals surface area contributed by atoms with Gasteiger partial charge in [-0.05, 0) is 18.1 Å². The smallest absolute Gasteiger partial charge is 0.352 e. The van der Waals surface area contributed by atoms with Gasteiger partial charge in [0.05, 0.1) is 0 Å². The monoisotopic (exact) mass is 243 g/mol. The number of carboxylic acids is 1. The Hall–Kier alpha value is -2.36. The minimum atomic E-state index is -1.08. The summed E-state index contributed by atoms with van der Waals surface area (Å²) in [5, 5.41) is 9.03. The Bertz CT molecular complexity index is 602. The van der Waals surface area contributed by atoms with Crippen LogP contribution in [0.2, 0.25) is 0 Å². The van der Waals surface area contributed by atoms with E-state index in [1.165, 1.54) is 22.8 Å². The summed E-state index contributed by atoms with van der Waals surface area (Å²) in [6, 6.07) is 13.9. The van der Waals surface area contributed by atoms with Gasteiger partial charge in [0.15, 0.2) is 0 Å². The Kier molecular flexibility index (Phi) is 3.57. The van der Waals surface area contributed by atoms with E-state index in [9.17, 15) is 9.59 Å². The number of aryl methyl sites for hydroxylation is 1. The molecule has 0 fully saturated rings. The first-order valence-electron chi connectivity index (χ1n) is 5.65. The lowest BCUT2D eigenvalue weighted by atomic mass is 10.1. The molecule has 0 amide bonds. The molecule has 0 aliphatic rings. The number of benzene rings is 1. The molecule has 1 heterocycles. The molecule has 1 N–H and O–H groups in total. The molecule has 4 heteroatoms. The van der Waals surface area contributed by atoms with Crippen LogP contribution in [0.4, 0.5) is 0 Å². The van der Waals surface area contributed by atoms with Gasteiger partial charge in [-0.15, -0.1) is 0 Å². The van der Waals surface area contributed by atoms with Gasteiger partial charge in [-0.3, -0.25) is 4.79 Å². The summed E-state index contributed by atoms with van der Waals surface area (Å²) in [5.74, 6) is -1.08. The third-order valence-electron chi connectivity index (χ3n) is 2.74. The molecule has 1 aromatic heterocycles. The lowest BCUT2D eigenvalue weighted by molar-refractivity contribution is 0.0683. The predicted octanol–water partition coefficient (Wildman–Crippen LogP) is 1.79. The van der Waals surface area contributed by atoms with Gasteiger partial charge in [-0.2, -0.15) is 0 Å². The highest BCUT2D eigenvalue weighted by Crippen LogP contribution is 2.03. The maximum absolute atomic E-state index is 11.7. The zero-order chi connectivity index (χ0) is 13.0. The molecular formula is C14H13NO3. The van der Waals surface area contributed by atoms with Gasteiger partial charge >= 0.3 is 5.97 Å². The third-order valence-corrected chi connectivity index (χ3v) is 2.74. The second kappa shape index (κ2) is 5.31. The fourth-order valence-corrected chi connectivity index (χ4v) is 1.82. The van der Waals surface area contributed by atoms with E-state index in [-0.39, 0.29) is 11.3 Å². The summed E-state index contributed by atoms with van der Waals surface area (Å²) in [5.41, 5.74) is 0.814. The number of carboxylic acid groups (broad SMARTS) is 1. The van der Waals surface area contributed by atoms with E-state index in [0.717, 1.165) is 5.56 Å². The Morgan fingerprint density at radius 2 is 1.78 bits per heavy atom. The Morgan fingerprint density at radius 3 is 2.44 bits per heavy atom. The Labute approximate surface area is 104 Å².